The van der Waals surface area contributed by atoms with Crippen LogP contribution in [0.2, 0.25) is 0 Å². The summed E-state index contributed by atoms with van der Waals surface area (Å²) in [4.78, 5) is 0. The highest BCUT2D eigenvalue weighted by Gasteiger charge is 2.37. The van der Waals surface area contributed by atoms with Gasteiger partial charge in [0, 0.05) is 34.9 Å². The highest BCUT2D eigenvalue weighted by Crippen LogP contribution is 2.52. The number of hydrogen-bond acceptors (Lipinski definition) is 3. The third-order valence-electron chi connectivity index (χ3n) is 6.01. The maximum absolute atomic E-state index is 10.1. The normalized spacial score (nSPS) is 18.6. The van der Waals surface area contributed by atoms with E-state index >= 15 is 0 Å². The van der Waals surface area contributed by atoms with Crippen molar-refractivity contribution in [2.75, 3.05) is 4.42 Å². The Bertz CT molecular complexity index is 1170. The highest BCUT2D eigenvalue weighted by atomic mass is 35.5. The maximum atomic E-state index is 10.1. The molecule has 0 fully saturated rings. The third-order valence-corrected chi connectivity index (χ3v) is 6.63. The average Bonchev–Trinajstić information content (AvgIpc) is 2.72. The number of nitrogens with zero attached hydrogens (tertiary/aromatic N) is 1. The molecule has 5 rings (SSSR count). The van der Waals surface area contributed by atoms with Crippen LogP contribution >= 0.6 is 11.8 Å². The first-order valence-corrected chi connectivity index (χ1v) is 10.6. The lowest BCUT2D eigenvalue weighted by molar-refractivity contribution is 0.202. The summed E-state index contributed by atoms with van der Waals surface area (Å²) in [6.07, 6.45) is 2.81. The van der Waals surface area contributed by atoms with E-state index in [1.807, 2.05) is 16.6 Å². The van der Waals surface area contributed by atoms with Gasteiger partial charge in [0.1, 0.15) is 17.6 Å². The van der Waals surface area contributed by atoms with E-state index in [9.17, 15) is 5.11 Å². The van der Waals surface area contributed by atoms with Gasteiger partial charge in [0.2, 0.25) is 0 Å². The van der Waals surface area contributed by atoms with Crippen LogP contribution in [-0.2, 0) is 6.42 Å². The number of aromatic hydroxyl groups is 1. The topological polar surface area (TPSA) is 32.7 Å². The zero-order valence-corrected chi connectivity index (χ0v) is 18.1. The lowest BCUT2D eigenvalue weighted by atomic mass is 9.80. The first kappa shape index (κ1) is 19.1. The lowest BCUT2D eigenvalue weighted by Gasteiger charge is -2.41. The molecular formula is C26H24ClNO2. The van der Waals surface area contributed by atoms with Crippen molar-refractivity contribution in [3.63, 3.8) is 0 Å². The summed E-state index contributed by atoms with van der Waals surface area (Å²) >= 11 is 6.79. The number of phenols is 1. The molecule has 4 heteroatoms. The van der Waals surface area contributed by atoms with E-state index in [0.29, 0.717) is 0 Å². The molecule has 0 radical (unpaired) electrons. The fraction of sp³-hybridized carbons (Fsp3) is 0.231. The van der Waals surface area contributed by atoms with Crippen LogP contribution in [0.3, 0.4) is 0 Å². The summed E-state index contributed by atoms with van der Waals surface area (Å²) in [6, 6.07) is 19.9. The SMILES string of the molecule is CC1=CC(C)(C)N(Cl)c2ccc3c(c21)C(Cc1ccccc1)Oc1ccc(O)cc1-3. The summed E-state index contributed by atoms with van der Waals surface area (Å²) in [6.45, 7) is 6.36. The summed E-state index contributed by atoms with van der Waals surface area (Å²) in [7, 11) is 0. The van der Waals surface area contributed by atoms with E-state index in [1.165, 1.54) is 11.1 Å². The molecule has 3 nitrogen and oxygen atoms in total. The third kappa shape index (κ3) is 2.96. The number of allylic oxidation sites excluding steroid dienone is 1. The second-order valence-corrected chi connectivity index (χ2v) is 9.00. The Hall–Kier alpha value is -2.91. The van der Waals surface area contributed by atoms with Crippen LogP contribution in [0.4, 0.5) is 5.69 Å². The van der Waals surface area contributed by atoms with E-state index in [2.05, 4.69) is 63.2 Å². The Morgan fingerprint density at radius 2 is 1.80 bits per heavy atom. The Balaban J connectivity index is 1.75. The fourth-order valence-electron chi connectivity index (χ4n) is 4.74. The van der Waals surface area contributed by atoms with Gasteiger partial charge in [0.05, 0.1) is 11.2 Å². The molecule has 0 saturated carbocycles. The molecule has 30 heavy (non-hydrogen) atoms. The number of halogens is 1. The van der Waals surface area contributed by atoms with Gasteiger partial charge in [-0.1, -0.05) is 42.5 Å². The molecule has 0 amide bonds. The molecule has 0 saturated heterocycles. The van der Waals surface area contributed by atoms with Crippen LogP contribution in [-0.4, -0.2) is 10.6 Å². The van der Waals surface area contributed by atoms with Gasteiger partial charge in [-0.15, -0.1) is 0 Å². The van der Waals surface area contributed by atoms with Crippen molar-refractivity contribution in [2.45, 2.75) is 38.8 Å². The molecule has 0 spiro atoms. The quantitative estimate of drug-likeness (QED) is 0.460. The van der Waals surface area contributed by atoms with Gasteiger partial charge in [-0.2, -0.15) is 0 Å². The Kier molecular flexibility index (Phi) is 4.33. The van der Waals surface area contributed by atoms with Crippen molar-refractivity contribution in [1.29, 1.82) is 0 Å². The standard InChI is InChI=1S/C26H24ClNO2/c1-16-15-26(2,3)28(27)21-11-10-19-20-14-18(29)9-12-22(20)30-23(25(19)24(16)21)13-17-7-5-4-6-8-17/h4-12,14-15,23,29H,13H2,1-3H3. The predicted octanol–water partition coefficient (Wildman–Crippen LogP) is 6.89. The molecular weight excluding hydrogens is 394 g/mol. The Labute approximate surface area is 182 Å². The van der Waals surface area contributed by atoms with Crippen LogP contribution in [0.25, 0.3) is 16.7 Å². The minimum atomic E-state index is -0.284. The minimum Gasteiger partial charge on any atom is -0.508 e. The van der Waals surface area contributed by atoms with Gasteiger partial charge < -0.3 is 9.84 Å². The van der Waals surface area contributed by atoms with Crippen LogP contribution < -0.4 is 9.16 Å². The van der Waals surface area contributed by atoms with Gasteiger partial charge in [-0.3, -0.25) is 4.42 Å². The van der Waals surface area contributed by atoms with Crippen molar-refractivity contribution >= 4 is 23.0 Å². The Morgan fingerprint density at radius 1 is 1.03 bits per heavy atom. The van der Waals surface area contributed by atoms with Crippen molar-refractivity contribution in [2.24, 2.45) is 0 Å². The average molecular weight is 418 g/mol. The van der Waals surface area contributed by atoms with E-state index in [-0.39, 0.29) is 17.4 Å². The molecule has 3 aromatic carbocycles. The molecule has 152 valence electrons. The van der Waals surface area contributed by atoms with Crippen LogP contribution in [0.15, 0.2) is 66.7 Å². The zero-order chi connectivity index (χ0) is 21.0. The monoisotopic (exact) mass is 417 g/mol. The van der Waals surface area contributed by atoms with Gasteiger partial charge in [-0.25, -0.2) is 0 Å². The number of anilines is 1. The summed E-state index contributed by atoms with van der Waals surface area (Å²) in [5.74, 6) is 1.02. The van der Waals surface area contributed by atoms with E-state index in [0.717, 1.165) is 40.1 Å². The van der Waals surface area contributed by atoms with Crippen molar-refractivity contribution < 1.29 is 9.84 Å². The molecule has 1 unspecified atom stereocenters. The summed E-state index contributed by atoms with van der Waals surface area (Å²) < 4.78 is 8.33. The van der Waals surface area contributed by atoms with E-state index in [1.54, 1.807) is 12.1 Å². The Morgan fingerprint density at radius 3 is 2.57 bits per heavy atom. The van der Waals surface area contributed by atoms with Gasteiger partial charge in [0.25, 0.3) is 0 Å². The molecule has 0 aliphatic carbocycles. The molecule has 3 aromatic rings. The number of fused-ring (bicyclic) bond motifs is 5. The van der Waals surface area contributed by atoms with Crippen LogP contribution in [0, 0.1) is 0 Å². The number of hydrogen-bond donors (Lipinski definition) is 1. The number of benzene rings is 3. The molecule has 0 aromatic heterocycles. The fourth-order valence-corrected chi connectivity index (χ4v) is 4.93. The number of phenolic OH excluding ortho intramolecular Hbond substituents is 1. The zero-order valence-electron chi connectivity index (χ0n) is 17.3. The predicted molar refractivity (Wildman–Crippen MR) is 123 cm³/mol. The summed E-state index contributed by atoms with van der Waals surface area (Å²) in [5, 5.41) is 10.1. The summed E-state index contributed by atoms with van der Waals surface area (Å²) in [5.41, 5.74) is 7.36. The lowest BCUT2D eigenvalue weighted by Crippen LogP contribution is -2.38. The van der Waals surface area contributed by atoms with Gasteiger partial charge >= 0.3 is 0 Å². The van der Waals surface area contributed by atoms with Crippen LogP contribution in [0.5, 0.6) is 11.5 Å². The van der Waals surface area contributed by atoms with E-state index in [4.69, 9.17) is 16.5 Å². The second-order valence-electron chi connectivity index (χ2n) is 8.66. The smallest absolute Gasteiger partial charge is 0.129 e. The molecule has 2 aliphatic heterocycles. The number of ether oxygens (including phenoxy) is 1. The van der Waals surface area contributed by atoms with Gasteiger partial charge in [-0.05, 0) is 61.7 Å². The van der Waals surface area contributed by atoms with E-state index < -0.39 is 0 Å². The minimum absolute atomic E-state index is 0.149. The van der Waals surface area contributed by atoms with Crippen molar-refractivity contribution in [3.05, 3.63) is 83.4 Å². The molecule has 2 heterocycles. The number of rotatable bonds is 2. The first-order chi connectivity index (χ1) is 14.3. The van der Waals surface area contributed by atoms with Crippen molar-refractivity contribution in [1.82, 2.24) is 0 Å². The van der Waals surface area contributed by atoms with Crippen molar-refractivity contribution in [3.8, 4) is 22.6 Å². The molecule has 0 bridgehead atoms. The van der Waals surface area contributed by atoms with Crippen LogP contribution in [0.1, 0.15) is 43.6 Å². The largest absolute Gasteiger partial charge is 0.508 e. The molecule has 1 N–H and O–H groups in total. The highest BCUT2D eigenvalue weighted by molar-refractivity contribution is 6.28. The second kappa shape index (κ2) is 6.82. The molecule has 1 atom stereocenters. The molecule has 2 aliphatic rings. The first-order valence-electron chi connectivity index (χ1n) is 10.2. The van der Waals surface area contributed by atoms with Gasteiger partial charge in [0.15, 0.2) is 0 Å². The maximum Gasteiger partial charge on any atom is 0.129 e.